The number of nitrogens with two attached hydrogens (primary N) is 1. The lowest BCUT2D eigenvalue weighted by molar-refractivity contribution is -0.383. The number of rotatable bonds is 19. The molecule has 0 aliphatic carbocycles. The lowest BCUT2D eigenvalue weighted by atomic mass is 10.2. The zero-order chi connectivity index (χ0) is 44.2. The number of hydrogen-bond donors (Lipinski definition) is 5. The number of aromatic nitrogens is 4. The Morgan fingerprint density at radius 1 is 0.500 bits per heavy atom. The second kappa shape index (κ2) is 25.2. The van der Waals surface area contributed by atoms with Gasteiger partial charge < -0.3 is 45.9 Å². The quantitative estimate of drug-likeness (QED) is 0.0675. The minimum Gasteiger partial charge on any atom is -0.393 e. The maximum atomic E-state index is 12.0. The molecule has 348 valence electrons. The van der Waals surface area contributed by atoms with Crippen LogP contribution in [0.3, 0.4) is 0 Å². The Bertz CT molecular complexity index is 1920. The number of anilines is 5. The maximum Gasteiger partial charge on any atom is 0.353 e. The van der Waals surface area contributed by atoms with E-state index in [2.05, 4.69) is 50.8 Å². The number of morpholine rings is 4. The van der Waals surface area contributed by atoms with E-state index in [9.17, 15) is 10.1 Å². The molecule has 0 radical (unpaired) electrons. The first-order chi connectivity index (χ1) is 31.5. The van der Waals surface area contributed by atoms with Gasteiger partial charge in [-0.3, -0.25) is 29.7 Å². The van der Waals surface area contributed by atoms with Crippen molar-refractivity contribution in [3.63, 3.8) is 0 Å². The zero-order valence-corrected chi connectivity index (χ0v) is 36.8. The third-order valence-corrected chi connectivity index (χ3v) is 11.4. The molecule has 4 fully saturated rings. The number of nitrogen functional groups attached to an aromatic ring is 1. The van der Waals surface area contributed by atoms with Crippen LogP contribution in [0, 0.1) is 10.1 Å². The van der Waals surface area contributed by atoms with Gasteiger partial charge in [0, 0.05) is 117 Å². The SMILES string of the molecule is Nc1c(NCCN2CCOCC2)nc(-c2ccccc2)nc1NCCN1CCOCC1.O=[N+]([O-])c1c(NCCN2CCOCC2)nc(-c2ccccc2)nc1NCCN1CCOCC1.[HH]. The number of ether oxygens (including phenoxy) is 4. The molecule has 64 heavy (non-hydrogen) atoms. The van der Waals surface area contributed by atoms with Crippen molar-refractivity contribution in [3.05, 3.63) is 70.8 Å². The topological polar surface area (TPSA) is 219 Å². The highest BCUT2D eigenvalue weighted by Gasteiger charge is 2.26. The standard InChI is InChI=1S/C22H31N7O4.C22H33N7O2.H2/c30-29(31)19-21(23-6-8-27-10-14-32-15-11-27)25-20(18-4-2-1-3-5-18)26-22(19)24-7-9-28-12-16-33-17-13-28;23-19-21(24-6-8-28-10-14-30-15-11-28)26-20(18-4-2-1-3-5-18)27-22(19)25-7-9-29-12-16-31-17-13-29;/h1-5H,6-17H2,(H2,23,24,25,26);1-5H,6-17,23H2,(H2,24,25,26,27);1H. The van der Waals surface area contributed by atoms with Gasteiger partial charge in [-0.1, -0.05) is 60.7 Å². The van der Waals surface area contributed by atoms with Crippen molar-refractivity contribution < 1.29 is 25.3 Å². The van der Waals surface area contributed by atoms with E-state index in [0.717, 1.165) is 129 Å². The largest absolute Gasteiger partial charge is 0.393 e. The third kappa shape index (κ3) is 14.3. The summed E-state index contributed by atoms with van der Waals surface area (Å²) < 4.78 is 21.6. The molecule has 0 saturated carbocycles. The van der Waals surface area contributed by atoms with Crippen LogP contribution in [0.25, 0.3) is 22.8 Å². The number of nitrogens with one attached hydrogen (secondary N) is 4. The molecule has 8 rings (SSSR count). The van der Waals surface area contributed by atoms with Crippen LogP contribution in [0.5, 0.6) is 0 Å². The van der Waals surface area contributed by atoms with Crippen molar-refractivity contribution in [2.24, 2.45) is 0 Å². The van der Waals surface area contributed by atoms with E-state index in [1.807, 2.05) is 60.7 Å². The van der Waals surface area contributed by atoms with E-state index in [-0.39, 0.29) is 18.7 Å². The number of hydrogen-bond acceptors (Lipinski definition) is 19. The van der Waals surface area contributed by atoms with E-state index < -0.39 is 4.92 Å². The van der Waals surface area contributed by atoms with Crippen LogP contribution in [0.15, 0.2) is 60.7 Å². The average molecular weight is 887 g/mol. The second-order valence-corrected chi connectivity index (χ2v) is 15.8. The van der Waals surface area contributed by atoms with Crippen LogP contribution >= 0.6 is 0 Å². The van der Waals surface area contributed by atoms with Gasteiger partial charge in [-0.15, -0.1) is 0 Å². The van der Waals surface area contributed by atoms with E-state index >= 15 is 0 Å². The number of nitro groups is 1. The predicted octanol–water partition coefficient (Wildman–Crippen LogP) is 3.00. The molecule has 4 saturated heterocycles. The monoisotopic (exact) mass is 887 g/mol. The summed E-state index contributed by atoms with van der Waals surface area (Å²) in [6, 6.07) is 19.5. The van der Waals surface area contributed by atoms with Crippen LogP contribution in [0.1, 0.15) is 1.43 Å². The Hall–Kier alpha value is -5.32. The average Bonchev–Trinajstić information content (AvgIpc) is 3.34. The number of benzene rings is 2. The number of nitrogens with zero attached hydrogens (tertiary/aromatic N) is 9. The fourth-order valence-corrected chi connectivity index (χ4v) is 7.67. The van der Waals surface area contributed by atoms with Gasteiger partial charge in [-0.25, -0.2) is 19.9 Å². The molecular weight excluding hydrogens is 821 g/mol. The van der Waals surface area contributed by atoms with Gasteiger partial charge in [-0.05, 0) is 0 Å². The van der Waals surface area contributed by atoms with Gasteiger partial charge in [0.1, 0.15) is 5.69 Å². The molecule has 2 aromatic heterocycles. The first kappa shape index (κ1) is 46.7. The van der Waals surface area contributed by atoms with Crippen LogP contribution in [-0.2, 0) is 18.9 Å². The molecule has 4 aromatic rings. The van der Waals surface area contributed by atoms with Crippen molar-refractivity contribution in [3.8, 4) is 22.8 Å². The molecule has 0 bridgehead atoms. The van der Waals surface area contributed by atoms with Crippen LogP contribution in [0.2, 0.25) is 0 Å². The molecule has 2 aromatic carbocycles. The molecule has 0 spiro atoms. The maximum absolute atomic E-state index is 12.0. The summed E-state index contributed by atoms with van der Waals surface area (Å²) in [6.07, 6.45) is 0. The third-order valence-electron chi connectivity index (χ3n) is 11.4. The molecular formula is C44H66N14O6. The Labute approximate surface area is 376 Å². The molecule has 0 unspecified atom stereocenters. The summed E-state index contributed by atoms with van der Waals surface area (Å²) in [5.74, 6) is 2.93. The molecule has 6 heterocycles. The normalized spacial score (nSPS) is 17.8. The van der Waals surface area contributed by atoms with Crippen LogP contribution in [0.4, 0.5) is 34.6 Å². The summed E-state index contributed by atoms with van der Waals surface area (Å²) in [5, 5.41) is 25.2. The fraction of sp³-hybridized carbons (Fsp3) is 0.545. The van der Waals surface area contributed by atoms with Crippen LogP contribution < -0.4 is 27.0 Å². The predicted molar refractivity (Wildman–Crippen MR) is 251 cm³/mol. The van der Waals surface area contributed by atoms with Crippen molar-refractivity contribution >= 4 is 34.6 Å². The first-order valence-corrected chi connectivity index (χ1v) is 22.5. The zero-order valence-electron chi connectivity index (χ0n) is 36.8. The summed E-state index contributed by atoms with van der Waals surface area (Å²) in [6.45, 7) is 19.3. The fourth-order valence-electron chi connectivity index (χ4n) is 7.67. The van der Waals surface area contributed by atoms with Gasteiger partial charge in [-0.2, -0.15) is 0 Å². The van der Waals surface area contributed by atoms with E-state index in [0.29, 0.717) is 68.5 Å². The highest BCUT2D eigenvalue weighted by molar-refractivity contribution is 5.77. The minimum absolute atomic E-state index is 0. The molecule has 4 aliphatic heterocycles. The summed E-state index contributed by atoms with van der Waals surface area (Å²) >= 11 is 0. The highest BCUT2D eigenvalue weighted by atomic mass is 16.6. The Kier molecular flexibility index (Phi) is 18.4. The summed E-state index contributed by atoms with van der Waals surface area (Å²) in [4.78, 5) is 39.4. The van der Waals surface area contributed by atoms with Crippen molar-refractivity contribution in [1.82, 2.24) is 39.5 Å². The lowest BCUT2D eigenvalue weighted by Crippen LogP contribution is -2.39. The van der Waals surface area contributed by atoms with Gasteiger partial charge in [0.25, 0.3) is 0 Å². The Morgan fingerprint density at radius 3 is 1.08 bits per heavy atom. The van der Waals surface area contributed by atoms with Crippen molar-refractivity contribution in [1.29, 1.82) is 0 Å². The van der Waals surface area contributed by atoms with Gasteiger partial charge in [0.05, 0.1) is 57.8 Å². The van der Waals surface area contributed by atoms with Crippen molar-refractivity contribution in [2.45, 2.75) is 0 Å². The van der Waals surface area contributed by atoms with E-state index in [1.165, 1.54) is 0 Å². The minimum atomic E-state index is -0.414. The molecule has 20 heteroatoms. The second-order valence-electron chi connectivity index (χ2n) is 15.8. The lowest BCUT2D eigenvalue weighted by Gasteiger charge is -2.27. The smallest absolute Gasteiger partial charge is 0.353 e. The first-order valence-electron chi connectivity index (χ1n) is 22.5. The molecule has 6 N–H and O–H groups in total. The van der Waals surface area contributed by atoms with Gasteiger partial charge in [0.2, 0.25) is 11.6 Å². The Morgan fingerprint density at radius 2 is 0.781 bits per heavy atom. The Balaban J connectivity index is 0.000000212. The highest BCUT2D eigenvalue weighted by Crippen LogP contribution is 2.33. The van der Waals surface area contributed by atoms with Crippen molar-refractivity contribution in [2.75, 3.05) is 185 Å². The molecule has 4 aliphatic rings. The summed E-state index contributed by atoms with van der Waals surface area (Å²) in [7, 11) is 0. The molecule has 0 amide bonds. The summed E-state index contributed by atoms with van der Waals surface area (Å²) in [5.41, 5.74) is 8.66. The molecule has 0 atom stereocenters. The van der Waals surface area contributed by atoms with Crippen LogP contribution in [-0.4, -0.2) is 202 Å². The van der Waals surface area contributed by atoms with E-state index in [1.54, 1.807) is 0 Å². The van der Waals surface area contributed by atoms with Gasteiger partial charge >= 0.3 is 5.69 Å². The van der Waals surface area contributed by atoms with Gasteiger partial charge in [0.15, 0.2) is 23.3 Å². The van der Waals surface area contributed by atoms with E-state index in [4.69, 9.17) is 34.6 Å². The molecule has 20 nitrogen and oxygen atoms in total.